The highest BCUT2D eigenvalue weighted by atomic mass is 35.5. The number of benzene rings is 3. The Morgan fingerprint density at radius 2 is 1.73 bits per heavy atom. The average Bonchev–Trinajstić information content (AvgIpc) is 2.98. The topological polar surface area (TPSA) is 87.6 Å². The summed E-state index contributed by atoms with van der Waals surface area (Å²) < 4.78 is 0. The minimum absolute atomic E-state index is 0.0786. The fourth-order valence-electron chi connectivity index (χ4n) is 6.50. The van der Waals surface area contributed by atoms with Crippen LogP contribution in [0, 0.1) is 5.92 Å². The smallest absolute Gasteiger partial charge is 0.227 e. The van der Waals surface area contributed by atoms with Crippen molar-refractivity contribution in [2.75, 3.05) is 39.3 Å². The van der Waals surface area contributed by atoms with E-state index >= 15 is 0 Å². The first kappa shape index (κ1) is 34.7. The molecule has 8 heteroatoms. The van der Waals surface area contributed by atoms with Gasteiger partial charge in [0.1, 0.15) is 0 Å². The Hall–Kier alpha value is -2.19. The van der Waals surface area contributed by atoms with E-state index in [1.807, 2.05) is 12.1 Å². The molecule has 1 saturated heterocycles. The minimum atomic E-state index is -0.0786. The minimum Gasteiger partial charge on any atom is -0.337 e. The Kier molecular flexibility index (Phi) is 13.8. The van der Waals surface area contributed by atoms with Crippen LogP contribution in [-0.2, 0) is 17.6 Å². The maximum atomic E-state index is 14.0. The summed E-state index contributed by atoms with van der Waals surface area (Å²) >= 11 is 12.6. The third-order valence-corrected chi connectivity index (χ3v) is 9.29. The van der Waals surface area contributed by atoms with E-state index in [4.69, 9.17) is 34.7 Å². The Bertz CT molecular complexity index is 1330. The number of nitrogens with one attached hydrogen (secondary N) is 1. The summed E-state index contributed by atoms with van der Waals surface area (Å²) in [6.45, 7) is 9.49. The monoisotopic (exact) mass is 639 g/mol. The summed E-state index contributed by atoms with van der Waals surface area (Å²) in [6, 6.07) is 20.7. The van der Waals surface area contributed by atoms with E-state index in [0.29, 0.717) is 28.8 Å². The van der Waals surface area contributed by atoms with Crippen LogP contribution in [0.3, 0.4) is 0 Å². The van der Waals surface area contributed by atoms with Gasteiger partial charge >= 0.3 is 0 Å². The van der Waals surface area contributed by atoms with Gasteiger partial charge in [-0.25, -0.2) is 0 Å². The predicted octanol–water partition coefficient (Wildman–Crippen LogP) is 6.30. The Morgan fingerprint density at radius 1 is 0.955 bits per heavy atom. The van der Waals surface area contributed by atoms with Crippen molar-refractivity contribution in [3.05, 3.63) is 81.8 Å². The van der Waals surface area contributed by atoms with Crippen LogP contribution in [0.4, 0.5) is 0 Å². The second kappa shape index (κ2) is 17.5. The van der Waals surface area contributed by atoms with Gasteiger partial charge in [0.2, 0.25) is 5.91 Å². The lowest BCUT2D eigenvalue weighted by molar-refractivity contribution is -0.138. The summed E-state index contributed by atoms with van der Waals surface area (Å²) in [5.74, 6) is 0.696. The van der Waals surface area contributed by atoms with Gasteiger partial charge in [-0.1, -0.05) is 85.6 Å². The molecule has 3 aromatic rings. The lowest BCUT2D eigenvalue weighted by atomic mass is 9.94. The number of amides is 1. The van der Waals surface area contributed by atoms with Crippen LogP contribution in [0.15, 0.2) is 60.7 Å². The maximum absolute atomic E-state index is 14.0. The van der Waals surface area contributed by atoms with Gasteiger partial charge in [0.15, 0.2) is 0 Å². The molecule has 240 valence electrons. The third kappa shape index (κ3) is 10.4. The summed E-state index contributed by atoms with van der Waals surface area (Å²) in [4.78, 5) is 18.7. The predicted molar refractivity (Wildman–Crippen MR) is 187 cm³/mol. The summed E-state index contributed by atoms with van der Waals surface area (Å²) in [6.07, 6.45) is 6.26. The number of carbonyl (C=O) groups is 1. The SMILES string of the molecule is CC(C)C[C@@H]1CN(C[C@H](N)Cc2ccc(Cl)cc2Cl)[C@@H](CCCNCCCCN)CN1C(=O)Cc1ccc2ccccc2c1. The second-order valence-electron chi connectivity index (χ2n) is 12.9. The fourth-order valence-corrected chi connectivity index (χ4v) is 6.99. The molecule has 0 radical (unpaired) electrons. The third-order valence-electron chi connectivity index (χ3n) is 8.71. The van der Waals surface area contributed by atoms with Crippen LogP contribution < -0.4 is 16.8 Å². The van der Waals surface area contributed by atoms with E-state index in [9.17, 15) is 4.79 Å². The molecule has 5 N–H and O–H groups in total. The molecule has 0 aliphatic carbocycles. The zero-order valence-corrected chi connectivity index (χ0v) is 28.0. The molecule has 0 saturated carbocycles. The molecule has 3 atom stereocenters. The maximum Gasteiger partial charge on any atom is 0.227 e. The van der Waals surface area contributed by atoms with Crippen LogP contribution in [0.5, 0.6) is 0 Å². The molecular weight excluding hydrogens is 589 g/mol. The molecule has 0 unspecified atom stereocenters. The van der Waals surface area contributed by atoms with Gasteiger partial charge < -0.3 is 21.7 Å². The number of nitrogens with zero attached hydrogens (tertiary/aromatic N) is 2. The van der Waals surface area contributed by atoms with Crippen molar-refractivity contribution in [3.8, 4) is 0 Å². The standard InChI is InChI=1S/C36H51Cl2N5O/c1-26(2)18-34-24-42(23-32(40)21-30-13-14-31(37)22-35(30)38)33(10-7-17-41-16-6-5-15-39)25-43(34)36(44)20-27-11-12-28-8-3-4-9-29(28)19-27/h3-4,8-9,11-14,19,22,26,32-34,41H,5-7,10,15-18,20-21,23-25,39-40H2,1-2H3/t32-,33+,34-/m1/s1. The number of halogens is 2. The van der Waals surface area contributed by atoms with Crippen molar-refractivity contribution in [2.24, 2.45) is 17.4 Å². The van der Waals surface area contributed by atoms with Gasteiger partial charge in [0, 0.05) is 47.8 Å². The van der Waals surface area contributed by atoms with Crippen LogP contribution in [0.1, 0.15) is 57.1 Å². The highest BCUT2D eigenvalue weighted by molar-refractivity contribution is 6.35. The van der Waals surface area contributed by atoms with Gasteiger partial charge in [0.05, 0.1) is 6.42 Å². The Morgan fingerprint density at radius 3 is 2.48 bits per heavy atom. The van der Waals surface area contributed by atoms with E-state index in [1.165, 1.54) is 10.8 Å². The molecule has 44 heavy (non-hydrogen) atoms. The van der Waals surface area contributed by atoms with Gasteiger partial charge in [-0.2, -0.15) is 0 Å². The van der Waals surface area contributed by atoms with Gasteiger partial charge in [-0.3, -0.25) is 9.69 Å². The number of piperazine rings is 1. The van der Waals surface area contributed by atoms with E-state index in [2.05, 4.69) is 71.4 Å². The zero-order chi connectivity index (χ0) is 31.5. The Balaban J connectivity index is 1.48. The highest BCUT2D eigenvalue weighted by Crippen LogP contribution is 2.27. The number of rotatable bonds is 16. The summed E-state index contributed by atoms with van der Waals surface area (Å²) in [5.41, 5.74) is 14.5. The average molecular weight is 641 g/mol. The zero-order valence-electron chi connectivity index (χ0n) is 26.5. The van der Waals surface area contributed by atoms with Crippen LogP contribution >= 0.6 is 23.2 Å². The van der Waals surface area contributed by atoms with Crippen LogP contribution in [0.2, 0.25) is 10.0 Å². The molecule has 0 spiro atoms. The van der Waals surface area contributed by atoms with Crippen LogP contribution in [0.25, 0.3) is 10.8 Å². The summed E-state index contributed by atoms with van der Waals surface area (Å²) in [5, 5.41) is 7.23. The number of hydrogen-bond acceptors (Lipinski definition) is 5. The van der Waals surface area contributed by atoms with Crippen LogP contribution in [-0.4, -0.2) is 73.1 Å². The molecular formula is C36H51Cl2N5O. The highest BCUT2D eigenvalue weighted by Gasteiger charge is 2.36. The van der Waals surface area contributed by atoms with Gasteiger partial charge in [0.25, 0.3) is 0 Å². The first-order valence-electron chi connectivity index (χ1n) is 16.3. The van der Waals surface area contributed by atoms with Crippen molar-refractivity contribution in [1.82, 2.24) is 15.1 Å². The Labute approximate surface area is 274 Å². The van der Waals surface area contributed by atoms with Gasteiger partial charge in [-0.05, 0) is 98.1 Å². The molecule has 1 fully saturated rings. The molecule has 0 bridgehead atoms. The van der Waals surface area contributed by atoms with E-state index in [0.717, 1.165) is 82.5 Å². The molecule has 3 aromatic carbocycles. The van der Waals surface area contributed by atoms with Crippen molar-refractivity contribution in [3.63, 3.8) is 0 Å². The molecule has 0 aromatic heterocycles. The lowest BCUT2D eigenvalue weighted by Crippen LogP contribution is -2.62. The number of hydrogen-bond donors (Lipinski definition) is 3. The van der Waals surface area contributed by atoms with Crippen molar-refractivity contribution in [2.45, 2.75) is 76.9 Å². The summed E-state index contributed by atoms with van der Waals surface area (Å²) in [7, 11) is 0. The first-order chi connectivity index (χ1) is 21.2. The number of nitrogens with two attached hydrogens (primary N) is 2. The van der Waals surface area contributed by atoms with Crippen molar-refractivity contribution < 1.29 is 4.79 Å². The largest absolute Gasteiger partial charge is 0.337 e. The molecule has 6 nitrogen and oxygen atoms in total. The number of unbranched alkanes of at least 4 members (excludes halogenated alkanes) is 1. The van der Waals surface area contributed by atoms with Crippen molar-refractivity contribution >= 4 is 39.9 Å². The van der Waals surface area contributed by atoms with Gasteiger partial charge in [-0.15, -0.1) is 0 Å². The molecule has 1 heterocycles. The van der Waals surface area contributed by atoms with Crippen molar-refractivity contribution in [1.29, 1.82) is 0 Å². The normalized spacial score (nSPS) is 18.3. The fraction of sp³-hybridized carbons (Fsp3) is 0.528. The molecule has 1 aliphatic rings. The molecule has 4 rings (SSSR count). The molecule has 1 amide bonds. The van der Waals surface area contributed by atoms with E-state index < -0.39 is 0 Å². The van der Waals surface area contributed by atoms with E-state index in [-0.39, 0.29) is 24.0 Å². The number of carbonyl (C=O) groups excluding carboxylic acids is 1. The first-order valence-corrected chi connectivity index (χ1v) is 17.1. The van der Waals surface area contributed by atoms with E-state index in [1.54, 1.807) is 6.07 Å². The second-order valence-corrected chi connectivity index (χ2v) is 13.7. The number of fused-ring (bicyclic) bond motifs is 1. The quantitative estimate of drug-likeness (QED) is 0.160. The molecule has 1 aliphatic heterocycles. The lowest BCUT2D eigenvalue weighted by Gasteiger charge is -2.48.